The van der Waals surface area contributed by atoms with Crippen molar-refractivity contribution in [2.75, 3.05) is 12.3 Å². The topological polar surface area (TPSA) is 40.7 Å². The van der Waals surface area contributed by atoms with Crippen molar-refractivity contribution in [1.82, 2.24) is 15.3 Å². The van der Waals surface area contributed by atoms with E-state index in [1.807, 2.05) is 6.20 Å². The number of H-pyrrole nitrogens is 1. The second kappa shape index (κ2) is 4.67. The van der Waals surface area contributed by atoms with Gasteiger partial charge in [0.15, 0.2) is 0 Å². The van der Waals surface area contributed by atoms with Crippen LogP contribution in [0.1, 0.15) is 18.7 Å². The van der Waals surface area contributed by atoms with Crippen LogP contribution in [0.5, 0.6) is 0 Å². The number of hydrogen-bond donors (Lipinski definition) is 2. The van der Waals surface area contributed by atoms with Crippen molar-refractivity contribution in [3.8, 4) is 0 Å². The summed E-state index contributed by atoms with van der Waals surface area (Å²) in [4.78, 5) is 7.24. The fourth-order valence-electron chi connectivity index (χ4n) is 1.55. The molecule has 0 saturated carbocycles. The summed E-state index contributed by atoms with van der Waals surface area (Å²) in [5.74, 6) is 2.37. The molecule has 1 aliphatic heterocycles. The van der Waals surface area contributed by atoms with Crippen LogP contribution in [0.3, 0.4) is 0 Å². The van der Waals surface area contributed by atoms with Crippen LogP contribution in [0.4, 0.5) is 0 Å². The van der Waals surface area contributed by atoms with Gasteiger partial charge in [-0.15, -0.1) is 0 Å². The predicted octanol–water partition coefficient (Wildman–Crippen LogP) is 1.39. The van der Waals surface area contributed by atoms with Gasteiger partial charge in [0.05, 0.1) is 6.54 Å². The number of thioether (sulfide) groups is 1. The van der Waals surface area contributed by atoms with E-state index in [0.717, 1.165) is 24.2 Å². The minimum absolute atomic E-state index is 0.829. The molecule has 0 aromatic carbocycles. The Bertz CT molecular complexity index is 229. The van der Waals surface area contributed by atoms with E-state index >= 15 is 0 Å². The lowest BCUT2D eigenvalue weighted by Gasteiger charge is -2.08. The highest BCUT2D eigenvalue weighted by Crippen LogP contribution is 2.25. The SMILES string of the molecule is c1c[nH]c(CNCC2CCCS2)n1. The Morgan fingerprint density at radius 2 is 2.69 bits per heavy atom. The summed E-state index contributed by atoms with van der Waals surface area (Å²) >= 11 is 2.09. The maximum atomic E-state index is 4.16. The highest BCUT2D eigenvalue weighted by molar-refractivity contribution is 8.00. The number of imidazole rings is 1. The molecule has 1 saturated heterocycles. The number of nitrogens with one attached hydrogen (secondary N) is 2. The summed E-state index contributed by atoms with van der Waals surface area (Å²) in [6.07, 6.45) is 6.41. The Kier molecular flexibility index (Phi) is 3.27. The van der Waals surface area contributed by atoms with Crippen LogP contribution in [0.2, 0.25) is 0 Å². The van der Waals surface area contributed by atoms with Crippen LogP contribution >= 0.6 is 11.8 Å². The lowest BCUT2D eigenvalue weighted by Crippen LogP contribution is -2.23. The summed E-state index contributed by atoms with van der Waals surface area (Å²) in [6.45, 7) is 1.98. The highest BCUT2D eigenvalue weighted by atomic mass is 32.2. The molecule has 3 nitrogen and oxygen atoms in total. The van der Waals surface area contributed by atoms with Crippen LogP contribution < -0.4 is 5.32 Å². The van der Waals surface area contributed by atoms with Crippen molar-refractivity contribution in [3.63, 3.8) is 0 Å². The maximum Gasteiger partial charge on any atom is 0.120 e. The zero-order chi connectivity index (χ0) is 8.93. The molecule has 4 heteroatoms. The van der Waals surface area contributed by atoms with E-state index in [9.17, 15) is 0 Å². The first-order valence-electron chi connectivity index (χ1n) is 4.76. The standard InChI is InChI=1S/C9H15N3S/c1-2-8(13-5-1)6-10-7-9-11-3-4-12-9/h3-4,8,10H,1-2,5-7H2,(H,11,12). The van der Waals surface area contributed by atoms with Crippen LogP contribution in [0.15, 0.2) is 12.4 Å². The van der Waals surface area contributed by atoms with Crippen molar-refractivity contribution in [2.45, 2.75) is 24.6 Å². The summed E-state index contributed by atoms with van der Waals surface area (Å²) < 4.78 is 0. The van der Waals surface area contributed by atoms with Crippen molar-refractivity contribution >= 4 is 11.8 Å². The summed E-state index contributed by atoms with van der Waals surface area (Å²) in [6, 6.07) is 0. The average molecular weight is 197 g/mol. The van der Waals surface area contributed by atoms with E-state index in [2.05, 4.69) is 27.0 Å². The average Bonchev–Trinajstić information content (AvgIpc) is 2.75. The van der Waals surface area contributed by atoms with Gasteiger partial charge in [-0.25, -0.2) is 4.98 Å². The van der Waals surface area contributed by atoms with E-state index in [1.54, 1.807) is 6.20 Å². The molecule has 2 heterocycles. The first-order chi connectivity index (χ1) is 6.45. The van der Waals surface area contributed by atoms with Gasteiger partial charge in [0, 0.05) is 24.2 Å². The number of hydrogen-bond acceptors (Lipinski definition) is 3. The van der Waals surface area contributed by atoms with Gasteiger partial charge in [0.1, 0.15) is 5.82 Å². The monoisotopic (exact) mass is 197 g/mol. The molecule has 1 unspecified atom stereocenters. The van der Waals surface area contributed by atoms with Crippen LogP contribution in [0.25, 0.3) is 0 Å². The Morgan fingerprint density at radius 1 is 1.69 bits per heavy atom. The molecule has 0 spiro atoms. The van der Waals surface area contributed by atoms with Gasteiger partial charge in [-0.05, 0) is 18.6 Å². The normalized spacial score (nSPS) is 22.3. The lowest BCUT2D eigenvalue weighted by atomic mass is 10.2. The quantitative estimate of drug-likeness (QED) is 0.766. The Labute approximate surface area is 82.7 Å². The second-order valence-electron chi connectivity index (χ2n) is 3.30. The van der Waals surface area contributed by atoms with Crippen LogP contribution in [-0.2, 0) is 6.54 Å². The van der Waals surface area contributed by atoms with Gasteiger partial charge in [-0.3, -0.25) is 0 Å². The molecule has 0 bridgehead atoms. The molecule has 1 aromatic heterocycles. The number of aromatic amines is 1. The minimum atomic E-state index is 0.829. The largest absolute Gasteiger partial charge is 0.348 e. The number of nitrogens with zero attached hydrogens (tertiary/aromatic N) is 1. The molecule has 2 N–H and O–H groups in total. The second-order valence-corrected chi connectivity index (χ2v) is 4.71. The fourth-order valence-corrected chi connectivity index (χ4v) is 2.79. The lowest BCUT2D eigenvalue weighted by molar-refractivity contribution is 0.631. The minimum Gasteiger partial charge on any atom is -0.348 e. The summed E-state index contributed by atoms with van der Waals surface area (Å²) in [5, 5.41) is 4.24. The third-order valence-electron chi connectivity index (χ3n) is 2.24. The molecule has 13 heavy (non-hydrogen) atoms. The predicted molar refractivity (Wildman–Crippen MR) is 55.8 cm³/mol. The maximum absolute atomic E-state index is 4.16. The number of rotatable bonds is 4. The van der Waals surface area contributed by atoms with E-state index in [-0.39, 0.29) is 0 Å². The van der Waals surface area contributed by atoms with E-state index in [0.29, 0.717) is 0 Å². The Hall–Kier alpha value is -0.480. The molecule has 1 aromatic rings. The fraction of sp³-hybridized carbons (Fsp3) is 0.667. The van der Waals surface area contributed by atoms with E-state index in [1.165, 1.54) is 18.6 Å². The molecular weight excluding hydrogens is 182 g/mol. The van der Waals surface area contributed by atoms with Gasteiger partial charge in [0.2, 0.25) is 0 Å². The zero-order valence-electron chi connectivity index (χ0n) is 7.62. The molecule has 1 atom stereocenters. The first-order valence-corrected chi connectivity index (χ1v) is 5.80. The molecule has 72 valence electrons. The third-order valence-corrected chi connectivity index (χ3v) is 3.64. The smallest absolute Gasteiger partial charge is 0.120 e. The number of aromatic nitrogens is 2. The Balaban J connectivity index is 1.63. The molecule has 0 aliphatic carbocycles. The van der Waals surface area contributed by atoms with E-state index < -0.39 is 0 Å². The van der Waals surface area contributed by atoms with Gasteiger partial charge < -0.3 is 10.3 Å². The molecule has 0 amide bonds. The van der Waals surface area contributed by atoms with Crippen LogP contribution in [0, 0.1) is 0 Å². The van der Waals surface area contributed by atoms with Crippen molar-refractivity contribution in [3.05, 3.63) is 18.2 Å². The van der Waals surface area contributed by atoms with Gasteiger partial charge in [-0.1, -0.05) is 0 Å². The highest BCUT2D eigenvalue weighted by Gasteiger charge is 2.14. The van der Waals surface area contributed by atoms with Gasteiger partial charge >= 0.3 is 0 Å². The third kappa shape index (κ3) is 2.74. The molecule has 1 aliphatic rings. The molecule has 1 fully saturated rings. The van der Waals surface area contributed by atoms with Crippen LogP contribution in [-0.4, -0.2) is 27.5 Å². The zero-order valence-corrected chi connectivity index (χ0v) is 8.44. The van der Waals surface area contributed by atoms with Crippen molar-refractivity contribution in [1.29, 1.82) is 0 Å². The molecule has 2 rings (SSSR count). The summed E-state index contributed by atoms with van der Waals surface area (Å²) in [5.41, 5.74) is 0. The Morgan fingerprint density at radius 3 is 3.38 bits per heavy atom. The van der Waals surface area contributed by atoms with Gasteiger partial charge in [0.25, 0.3) is 0 Å². The van der Waals surface area contributed by atoms with Crippen molar-refractivity contribution in [2.24, 2.45) is 0 Å². The van der Waals surface area contributed by atoms with E-state index in [4.69, 9.17) is 0 Å². The summed E-state index contributed by atoms with van der Waals surface area (Å²) in [7, 11) is 0. The van der Waals surface area contributed by atoms with Crippen molar-refractivity contribution < 1.29 is 0 Å². The molecular formula is C9H15N3S. The van der Waals surface area contributed by atoms with Gasteiger partial charge in [-0.2, -0.15) is 11.8 Å². The first kappa shape index (κ1) is 9.09. The molecule has 0 radical (unpaired) electrons.